The first-order chi connectivity index (χ1) is 15.8. The van der Waals surface area contributed by atoms with Crippen molar-refractivity contribution in [2.24, 2.45) is 0 Å². The second-order valence-electron chi connectivity index (χ2n) is 7.82. The molecule has 1 amide bonds. The van der Waals surface area contributed by atoms with Gasteiger partial charge in [0.25, 0.3) is 10.2 Å². The smallest absolute Gasteiger partial charge is 0.282 e. The van der Waals surface area contributed by atoms with Gasteiger partial charge >= 0.3 is 0 Å². The van der Waals surface area contributed by atoms with Gasteiger partial charge in [-0.25, -0.2) is 0 Å². The van der Waals surface area contributed by atoms with Crippen molar-refractivity contribution in [3.05, 3.63) is 71.0 Å². The van der Waals surface area contributed by atoms with Gasteiger partial charge in [-0.15, -0.1) is 0 Å². The fourth-order valence-electron chi connectivity index (χ4n) is 3.95. The lowest BCUT2D eigenvalue weighted by atomic mass is 9.90. The Bertz CT molecular complexity index is 1350. The first kappa shape index (κ1) is 23.1. The van der Waals surface area contributed by atoms with E-state index in [9.17, 15) is 13.2 Å². The Labute approximate surface area is 197 Å². The highest BCUT2D eigenvalue weighted by Crippen LogP contribution is 2.34. The van der Waals surface area contributed by atoms with Crippen molar-refractivity contribution in [3.63, 3.8) is 0 Å². The van der Waals surface area contributed by atoms with Crippen LogP contribution in [0.2, 0.25) is 5.02 Å². The van der Waals surface area contributed by atoms with Gasteiger partial charge in [0, 0.05) is 55.1 Å². The average molecular weight is 484 g/mol. The number of carbonyl (C=O) groups is 1. The summed E-state index contributed by atoms with van der Waals surface area (Å²) >= 11 is 6.21. The largest absolute Gasteiger partial charge is 0.324 e. The van der Waals surface area contributed by atoms with Crippen LogP contribution in [0, 0.1) is 11.3 Å². The number of benzene rings is 2. The number of anilines is 1. The molecular weight excluding hydrogens is 462 g/mol. The summed E-state index contributed by atoms with van der Waals surface area (Å²) < 4.78 is 28.7. The molecule has 2 aromatic carbocycles. The van der Waals surface area contributed by atoms with E-state index in [2.05, 4.69) is 10.3 Å². The number of carbonyl (C=O) groups excluding carboxylic acids is 1. The zero-order valence-corrected chi connectivity index (χ0v) is 19.5. The van der Waals surface area contributed by atoms with Crippen LogP contribution in [0.3, 0.4) is 0 Å². The molecule has 0 spiro atoms. The summed E-state index contributed by atoms with van der Waals surface area (Å²) in [4.78, 5) is 17.6. The molecule has 0 saturated carbocycles. The quantitative estimate of drug-likeness (QED) is 0.577. The molecule has 10 heteroatoms. The number of hydrogen-bond donors (Lipinski definition) is 1. The monoisotopic (exact) mass is 483 g/mol. The lowest BCUT2D eigenvalue weighted by Crippen LogP contribution is -2.47. The fraction of sp³-hybridized carbons (Fsp3) is 0.261. The maximum atomic E-state index is 13.4. The molecule has 1 aromatic heterocycles. The minimum atomic E-state index is -3.87. The van der Waals surface area contributed by atoms with Crippen molar-refractivity contribution in [3.8, 4) is 6.07 Å². The van der Waals surface area contributed by atoms with Gasteiger partial charge < -0.3 is 5.32 Å². The molecule has 1 N–H and O–H groups in total. The van der Waals surface area contributed by atoms with Crippen LogP contribution in [0.15, 0.2) is 54.9 Å². The zero-order valence-electron chi connectivity index (χ0n) is 17.9. The van der Waals surface area contributed by atoms with Crippen molar-refractivity contribution in [1.29, 1.82) is 5.26 Å². The van der Waals surface area contributed by atoms with E-state index in [1.54, 1.807) is 30.6 Å². The van der Waals surface area contributed by atoms with Gasteiger partial charge in [0.15, 0.2) is 0 Å². The van der Waals surface area contributed by atoms with Crippen molar-refractivity contribution in [2.45, 2.75) is 18.9 Å². The summed E-state index contributed by atoms with van der Waals surface area (Å²) in [7, 11) is -2.44. The number of nitrogens with one attached hydrogen (secondary N) is 1. The van der Waals surface area contributed by atoms with Crippen LogP contribution < -0.4 is 5.32 Å². The molecule has 0 saturated heterocycles. The van der Waals surface area contributed by atoms with Gasteiger partial charge in [0.05, 0.1) is 23.9 Å². The van der Waals surface area contributed by atoms with Crippen LogP contribution in [0.5, 0.6) is 0 Å². The molecule has 1 unspecified atom stereocenters. The van der Waals surface area contributed by atoms with E-state index >= 15 is 0 Å². The molecular formula is C23H22ClN5O3S. The molecule has 0 fully saturated rings. The third-order valence-corrected chi connectivity index (χ3v) is 7.85. The topological polar surface area (TPSA) is 106 Å². The minimum Gasteiger partial charge on any atom is -0.324 e. The number of pyridine rings is 1. The molecule has 8 nitrogen and oxygen atoms in total. The Balaban J connectivity index is 1.68. The standard InChI is InChI=1S/C23H22ClN5O3S/c1-28(10-4-9-25)33(31,32)29-14-17-7-8-18(24)11-20(17)21(15-29)23(30)27-22-13-26-12-16-5-2-3-6-19(16)22/h2-3,5-8,11-13,21H,4,10,14-15H2,1H3,(H,27,30). The normalized spacial score (nSPS) is 16.4. The zero-order chi connectivity index (χ0) is 23.6. The van der Waals surface area contributed by atoms with Gasteiger partial charge in [-0.05, 0) is 23.3 Å². The SMILES string of the molecule is CN(CCC#N)S(=O)(=O)N1Cc2ccc(Cl)cc2C(C(=O)Nc2cncc3ccccc23)C1. The van der Waals surface area contributed by atoms with Gasteiger partial charge in [-0.3, -0.25) is 9.78 Å². The van der Waals surface area contributed by atoms with E-state index in [0.717, 1.165) is 15.1 Å². The number of fused-ring (bicyclic) bond motifs is 2. The Morgan fingerprint density at radius 1 is 1.30 bits per heavy atom. The number of halogens is 1. The number of amides is 1. The number of hydrogen-bond acceptors (Lipinski definition) is 5. The van der Waals surface area contributed by atoms with E-state index in [-0.39, 0.29) is 32.0 Å². The van der Waals surface area contributed by atoms with Crippen molar-refractivity contribution < 1.29 is 13.2 Å². The van der Waals surface area contributed by atoms with Crippen LogP contribution in [0.1, 0.15) is 23.5 Å². The number of rotatable bonds is 6. The van der Waals surface area contributed by atoms with Gasteiger partial charge in [-0.1, -0.05) is 41.9 Å². The molecule has 3 aromatic rings. The van der Waals surface area contributed by atoms with Crippen LogP contribution in [0.25, 0.3) is 10.8 Å². The van der Waals surface area contributed by atoms with Crippen LogP contribution in [-0.2, 0) is 21.5 Å². The molecule has 2 heterocycles. The van der Waals surface area contributed by atoms with E-state index < -0.39 is 16.1 Å². The molecule has 170 valence electrons. The molecule has 33 heavy (non-hydrogen) atoms. The Hall–Kier alpha value is -3.03. The Morgan fingerprint density at radius 2 is 2.09 bits per heavy atom. The van der Waals surface area contributed by atoms with Gasteiger partial charge in [0.1, 0.15) is 0 Å². The first-order valence-corrected chi connectivity index (χ1v) is 12.1. The summed E-state index contributed by atoms with van der Waals surface area (Å²) in [6, 6.07) is 14.6. The number of nitrogens with zero attached hydrogens (tertiary/aromatic N) is 4. The highest BCUT2D eigenvalue weighted by Gasteiger charge is 2.37. The molecule has 4 rings (SSSR count). The summed E-state index contributed by atoms with van der Waals surface area (Å²) in [6.45, 7) is 0.142. The Kier molecular flexibility index (Phi) is 6.63. The average Bonchev–Trinajstić information content (AvgIpc) is 2.81. The third kappa shape index (κ3) is 4.70. The Morgan fingerprint density at radius 3 is 2.88 bits per heavy atom. The lowest BCUT2D eigenvalue weighted by Gasteiger charge is -2.35. The molecule has 0 aliphatic carbocycles. The minimum absolute atomic E-state index is 0.0450. The van der Waals surface area contributed by atoms with E-state index in [0.29, 0.717) is 21.8 Å². The highest BCUT2D eigenvalue weighted by molar-refractivity contribution is 7.86. The summed E-state index contributed by atoms with van der Waals surface area (Å²) in [5, 5.41) is 13.9. The summed E-state index contributed by atoms with van der Waals surface area (Å²) in [5.41, 5.74) is 1.95. The molecule has 1 atom stereocenters. The molecule has 1 aliphatic rings. The van der Waals surface area contributed by atoms with Crippen LogP contribution in [0.4, 0.5) is 5.69 Å². The van der Waals surface area contributed by atoms with Crippen molar-refractivity contribution >= 4 is 44.2 Å². The van der Waals surface area contributed by atoms with Crippen LogP contribution in [-0.4, -0.2) is 48.1 Å². The van der Waals surface area contributed by atoms with Gasteiger partial charge in [-0.2, -0.15) is 22.3 Å². The second-order valence-corrected chi connectivity index (χ2v) is 10.3. The molecule has 0 bridgehead atoms. The highest BCUT2D eigenvalue weighted by atomic mass is 35.5. The molecule has 0 radical (unpaired) electrons. The fourth-order valence-corrected chi connectivity index (χ4v) is 5.48. The predicted molar refractivity (Wildman–Crippen MR) is 127 cm³/mol. The van der Waals surface area contributed by atoms with E-state index in [1.165, 1.54) is 11.4 Å². The third-order valence-electron chi connectivity index (χ3n) is 5.72. The van der Waals surface area contributed by atoms with Crippen molar-refractivity contribution in [2.75, 3.05) is 25.5 Å². The summed E-state index contributed by atoms with van der Waals surface area (Å²) in [5.74, 6) is -1.12. The second kappa shape index (κ2) is 9.45. The van der Waals surface area contributed by atoms with Gasteiger partial charge in [0.2, 0.25) is 5.91 Å². The summed E-state index contributed by atoms with van der Waals surface area (Å²) in [6.07, 6.45) is 3.37. The van der Waals surface area contributed by atoms with Crippen LogP contribution >= 0.6 is 11.6 Å². The van der Waals surface area contributed by atoms with E-state index in [4.69, 9.17) is 16.9 Å². The predicted octanol–water partition coefficient (Wildman–Crippen LogP) is 3.52. The number of aromatic nitrogens is 1. The first-order valence-electron chi connectivity index (χ1n) is 10.3. The maximum Gasteiger partial charge on any atom is 0.282 e. The van der Waals surface area contributed by atoms with Crippen molar-refractivity contribution in [1.82, 2.24) is 13.6 Å². The number of nitriles is 1. The van der Waals surface area contributed by atoms with E-state index in [1.807, 2.05) is 30.3 Å². The molecule has 1 aliphatic heterocycles. The maximum absolute atomic E-state index is 13.4. The lowest BCUT2D eigenvalue weighted by molar-refractivity contribution is -0.118.